The van der Waals surface area contributed by atoms with Gasteiger partial charge >= 0.3 is 21.7 Å². The normalized spacial score (nSPS) is 11.6. The van der Waals surface area contributed by atoms with Crippen LogP contribution in [0, 0.1) is 27.7 Å². The average molecular weight is 553 g/mol. The van der Waals surface area contributed by atoms with E-state index in [-0.39, 0.29) is 21.7 Å². The maximum absolute atomic E-state index is 3.72. The third-order valence-corrected chi connectivity index (χ3v) is 7.75. The van der Waals surface area contributed by atoms with Gasteiger partial charge in [0.2, 0.25) is 0 Å². The molecule has 196 valence electrons. The van der Waals surface area contributed by atoms with E-state index in [0.29, 0.717) is 5.04 Å². The molecule has 1 aliphatic carbocycles. The maximum atomic E-state index is 3.72. The van der Waals surface area contributed by atoms with Gasteiger partial charge in [0.15, 0.2) is 0 Å². The van der Waals surface area contributed by atoms with E-state index in [1.54, 1.807) is 22.3 Å². The minimum atomic E-state index is 0. The summed E-state index contributed by atoms with van der Waals surface area (Å²) in [7, 11) is 1.05. The third-order valence-electron chi connectivity index (χ3n) is 6.13. The Morgan fingerprint density at radius 3 is 1.39 bits per heavy atom. The van der Waals surface area contributed by atoms with Crippen molar-refractivity contribution >= 4 is 9.52 Å². The molecule has 38 heavy (non-hydrogen) atoms. The molecule has 4 aromatic rings. The topological polar surface area (TPSA) is 0 Å². The summed E-state index contributed by atoms with van der Waals surface area (Å²) in [6, 6.07) is 33.4. The van der Waals surface area contributed by atoms with E-state index in [1.165, 1.54) is 31.7 Å². The first-order chi connectivity index (χ1) is 17.7. The molecule has 0 saturated carbocycles. The summed E-state index contributed by atoms with van der Waals surface area (Å²) in [5.41, 5.74) is 9.83. The molecule has 1 aliphatic rings. The first-order valence-corrected chi connectivity index (χ1v) is 14.5. The predicted molar refractivity (Wildman–Crippen MR) is 165 cm³/mol. The molecule has 0 spiro atoms. The van der Waals surface area contributed by atoms with Crippen molar-refractivity contribution in [1.82, 2.24) is 0 Å². The molecule has 0 saturated heterocycles. The van der Waals surface area contributed by atoms with Crippen LogP contribution in [0.1, 0.15) is 72.6 Å². The van der Waals surface area contributed by atoms with Crippen LogP contribution in [0.2, 0.25) is 5.04 Å². The Kier molecular flexibility index (Phi) is 15.9. The molecule has 5 rings (SSSR count). The van der Waals surface area contributed by atoms with Gasteiger partial charge in [0, 0.05) is 9.52 Å². The van der Waals surface area contributed by atoms with Crippen LogP contribution in [0.25, 0.3) is 0 Å². The Labute approximate surface area is 251 Å². The van der Waals surface area contributed by atoms with Gasteiger partial charge in [-0.1, -0.05) is 77.6 Å². The Balaban J connectivity index is 0.000000276. The van der Waals surface area contributed by atoms with Gasteiger partial charge in [-0.15, -0.1) is 36.4 Å². The second kappa shape index (κ2) is 17.9. The van der Waals surface area contributed by atoms with Gasteiger partial charge in [-0.2, -0.15) is 96.1 Å². The average Bonchev–Trinajstić information content (AvgIpc) is 3.21. The zero-order valence-electron chi connectivity index (χ0n) is 23.9. The van der Waals surface area contributed by atoms with Gasteiger partial charge in [-0.25, -0.2) is 6.07 Å². The number of aryl methyl sites for hydroxylation is 1. The predicted octanol–water partition coefficient (Wildman–Crippen LogP) is 9.62. The molecule has 0 aromatic heterocycles. The zero-order valence-corrected chi connectivity index (χ0v) is 26.5. The fourth-order valence-electron chi connectivity index (χ4n) is 4.01. The second-order valence-electron chi connectivity index (χ2n) is 10.6. The van der Waals surface area contributed by atoms with Crippen LogP contribution in [0.4, 0.5) is 0 Å². The quantitative estimate of drug-likeness (QED) is 0.172. The smallest absolute Gasteiger partial charge is 0.207 e. The Morgan fingerprint density at radius 1 is 0.684 bits per heavy atom. The monoisotopic (exact) mass is 552 g/mol. The van der Waals surface area contributed by atoms with Gasteiger partial charge < -0.3 is 0 Å². The van der Waals surface area contributed by atoms with E-state index in [2.05, 4.69) is 54.5 Å². The van der Waals surface area contributed by atoms with Crippen molar-refractivity contribution in [3.8, 4) is 0 Å². The van der Waals surface area contributed by atoms with Gasteiger partial charge in [-0.05, 0) is 5.04 Å². The number of benzene rings is 3. The van der Waals surface area contributed by atoms with Crippen LogP contribution in [0.3, 0.4) is 0 Å². The molecule has 0 nitrogen and oxygen atoms in total. The van der Waals surface area contributed by atoms with Crippen LogP contribution in [0.5, 0.6) is 0 Å². The Hall–Kier alpha value is -2.45. The molecule has 0 unspecified atom stereocenters. The van der Waals surface area contributed by atoms with Gasteiger partial charge in [-0.3, -0.25) is 0 Å². The van der Waals surface area contributed by atoms with E-state index in [4.69, 9.17) is 0 Å². The fourth-order valence-corrected chi connectivity index (χ4v) is 5.09. The molecule has 4 aromatic carbocycles. The van der Waals surface area contributed by atoms with E-state index in [1.807, 2.05) is 91.0 Å². The van der Waals surface area contributed by atoms with Gasteiger partial charge in [0.25, 0.3) is 0 Å². The van der Waals surface area contributed by atoms with Crippen molar-refractivity contribution in [1.29, 1.82) is 0 Å². The molecule has 0 N–H and O–H groups in total. The van der Waals surface area contributed by atoms with E-state index in [9.17, 15) is 0 Å². The number of fused-ring (bicyclic) bond motifs is 1. The Morgan fingerprint density at radius 2 is 1.08 bits per heavy atom. The standard InChI is InChI=1S/C15H23Si.3C7H7.Ti/c1-11-13(10-16-15(2,3)4)9-12-7-5-6-8-14(11)12;3*1-7-5-3-2-4-6-7;/h9H,5-8,10H2,1-4H3;3*2-6H,1H2;/q4*-1;+4. The summed E-state index contributed by atoms with van der Waals surface area (Å²) < 4.78 is 0. The molecule has 0 heterocycles. The maximum Gasteiger partial charge on any atom is 4.00 e. The molecule has 2 radical (unpaired) electrons. The van der Waals surface area contributed by atoms with Crippen LogP contribution >= 0.6 is 0 Å². The number of hydrogen-bond acceptors (Lipinski definition) is 0. The summed E-state index contributed by atoms with van der Waals surface area (Å²) in [5, 5.41) is 0.490. The van der Waals surface area contributed by atoms with Crippen LogP contribution in [-0.2, 0) is 40.6 Å². The molecule has 0 fully saturated rings. The van der Waals surface area contributed by atoms with Crippen LogP contribution < -0.4 is 0 Å². The second-order valence-corrected chi connectivity index (χ2v) is 12.8. The number of rotatable bonds is 2. The van der Waals surface area contributed by atoms with E-state index >= 15 is 0 Å². The summed E-state index contributed by atoms with van der Waals surface area (Å²) in [5.74, 6) is 0. The van der Waals surface area contributed by atoms with Crippen LogP contribution in [-0.4, -0.2) is 9.52 Å². The van der Waals surface area contributed by atoms with Gasteiger partial charge in [0.1, 0.15) is 0 Å². The van der Waals surface area contributed by atoms with E-state index in [0.717, 1.165) is 26.2 Å². The SMILES string of the molecule is C[c-]1c(C[Si]C(C)(C)C)cc2c1CCCC2.[CH2-]c1ccccc1.[CH2-]c1ccccc1.[CH2-]c1ccccc1.[Ti+4]. The summed E-state index contributed by atoms with van der Waals surface area (Å²) in [6.07, 6.45) is 5.46. The minimum absolute atomic E-state index is 0. The van der Waals surface area contributed by atoms with Crippen molar-refractivity contribution in [3.63, 3.8) is 0 Å². The molecule has 0 bridgehead atoms. The Bertz CT molecular complexity index is 1030. The molecule has 2 heteroatoms. The van der Waals surface area contributed by atoms with Gasteiger partial charge in [0.05, 0.1) is 0 Å². The van der Waals surface area contributed by atoms with E-state index < -0.39 is 0 Å². The van der Waals surface area contributed by atoms with Crippen molar-refractivity contribution in [3.05, 3.63) is 157 Å². The molecular weight excluding hydrogens is 508 g/mol. The largest absolute Gasteiger partial charge is 4.00 e. The summed E-state index contributed by atoms with van der Waals surface area (Å²) in [6.45, 7) is 20.6. The summed E-state index contributed by atoms with van der Waals surface area (Å²) in [4.78, 5) is 0. The van der Waals surface area contributed by atoms with Crippen molar-refractivity contribution in [2.24, 2.45) is 0 Å². The minimum Gasteiger partial charge on any atom is -0.207 e. The van der Waals surface area contributed by atoms with Crippen molar-refractivity contribution in [2.45, 2.75) is 64.5 Å². The first kappa shape index (κ1) is 33.6. The molecule has 0 aliphatic heterocycles. The summed E-state index contributed by atoms with van der Waals surface area (Å²) >= 11 is 0. The third kappa shape index (κ3) is 13.9. The first-order valence-electron chi connectivity index (χ1n) is 13.3. The molecule has 0 atom stereocenters. The fraction of sp³-hybridized carbons (Fsp3) is 0.278. The molecule has 0 amide bonds. The zero-order chi connectivity index (χ0) is 27.1. The molecular formula is C36H44SiTi. The number of hydrogen-bond donors (Lipinski definition) is 0. The van der Waals surface area contributed by atoms with Crippen LogP contribution in [0.15, 0.2) is 97.1 Å². The van der Waals surface area contributed by atoms with Crippen molar-refractivity contribution in [2.75, 3.05) is 0 Å². The van der Waals surface area contributed by atoms with Crippen molar-refractivity contribution < 1.29 is 21.7 Å².